The molecule has 1 aliphatic heterocycles. The summed E-state index contributed by atoms with van der Waals surface area (Å²) >= 11 is 0. The minimum Gasteiger partial charge on any atom is -0.467 e. The molecule has 0 unspecified atom stereocenters. The van der Waals surface area contributed by atoms with Gasteiger partial charge in [0, 0.05) is 26.1 Å². The van der Waals surface area contributed by atoms with Crippen molar-refractivity contribution in [1.29, 1.82) is 0 Å². The highest BCUT2D eigenvalue weighted by Gasteiger charge is 2.22. The summed E-state index contributed by atoms with van der Waals surface area (Å²) in [6.45, 7) is 3.05. The number of nitrogen functional groups attached to an aromatic ring is 1. The summed E-state index contributed by atoms with van der Waals surface area (Å²) in [7, 11) is 1.49. The topological polar surface area (TPSA) is 106 Å². The Morgan fingerprint density at radius 3 is 2.63 bits per heavy atom. The van der Waals surface area contributed by atoms with Gasteiger partial charge in [-0.15, -0.1) is 0 Å². The van der Waals surface area contributed by atoms with Crippen LogP contribution < -0.4 is 20.7 Å². The van der Waals surface area contributed by atoms with Crippen molar-refractivity contribution in [3.63, 3.8) is 0 Å². The van der Waals surface area contributed by atoms with Crippen LogP contribution in [0.3, 0.4) is 0 Å². The van der Waals surface area contributed by atoms with Crippen molar-refractivity contribution in [3.8, 4) is 6.01 Å². The van der Waals surface area contributed by atoms with Crippen LogP contribution in [-0.2, 0) is 4.79 Å². The molecule has 0 saturated carbocycles. The first kappa shape index (κ1) is 13.3. The first-order valence-corrected chi connectivity index (χ1v) is 6.16. The molecular formula is C11H18N6O2. The van der Waals surface area contributed by atoms with E-state index in [4.69, 9.17) is 10.5 Å². The molecule has 1 amide bonds. The fraction of sp³-hybridized carbons (Fsp3) is 0.636. The molecule has 1 aliphatic rings. The lowest BCUT2D eigenvalue weighted by Crippen LogP contribution is -2.44. The number of nitrogens with two attached hydrogens (primary N) is 1. The molecule has 19 heavy (non-hydrogen) atoms. The van der Waals surface area contributed by atoms with Gasteiger partial charge in [-0.3, -0.25) is 4.79 Å². The molecule has 1 aromatic heterocycles. The Morgan fingerprint density at radius 1 is 1.37 bits per heavy atom. The van der Waals surface area contributed by atoms with Crippen molar-refractivity contribution in [2.24, 2.45) is 0 Å². The molecule has 0 bridgehead atoms. The van der Waals surface area contributed by atoms with Gasteiger partial charge in [0.05, 0.1) is 7.11 Å². The number of hydrogen-bond acceptors (Lipinski definition) is 7. The molecule has 8 heteroatoms. The molecule has 1 saturated heterocycles. The zero-order valence-electron chi connectivity index (χ0n) is 11.1. The van der Waals surface area contributed by atoms with E-state index in [0.717, 1.165) is 25.9 Å². The van der Waals surface area contributed by atoms with Crippen molar-refractivity contribution in [2.45, 2.75) is 25.8 Å². The maximum atomic E-state index is 11.0. The number of ether oxygens (including phenoxy) is 1. The van der Waals surface area contributed by atoms with Crippen molar-refractivity contribution >= 4 is 17.8 Å². The van der Waals surface area contributed by atoms with Crippen LogP contribution in [-0.4, -0.2) is 47.1 Å². The average molecular weight is 266 g/mol. The molecule has 0 aromatic carbocycles. The zero-order valence-corrected chi connectivity index (χ0v) is 11.1. The Bertz CT molecular complexity index is 458. The summed E-state index contributed by atoms with van der Waals surface area (Å²) in [5, 5.41) is 2.92. The van der Waals surface area contributed by atoms with Crippen molar-refractivity contribution in [2.75, 3.05) is 30.8 Å². The largest absolute Gasteiger partial charge is 0.467 e. The van der Waals surface area contributed by atoms with E-state index in [1.54, 1.807) is 0 Å². The molecule has 8 nitrogen and oxygen atoms in total. The second kappa shape index (κ2) is 5.68. The predicted molar refractivity (Wildman–Crippen MR) is 69.8 cm³/mol. The maximum absolute atomic E-state index is 11.0. The summed E-state index contributed by atoms with van der Waals surface area (Å²) in [5.41, 5.74) is 5.61. The van der Waals surface area contributed by atoms with Gasteiger partial charge in [0.1, 0.15) is 0 Å². The molecule has 0 atom stereocenters. The van der Waals surface area contributed by atoms with Gasteiger partial charge in [-0.2, -0.15) is 15.0 Å². The minimum absolute atomic E-state index is 0.00419. The van der Waals surface area contributed by atoms with Gasteiger partial charge in [-0.25, -0.2) is 0 Å². The Kier molecular flexibility index (Phi) is 3.98. The van der Waals surface area contributed by atoms with Crippen molar-refractivity contribution < 1.29 is 9.53 Å². The van der Waals surface area contributed by atoms with Crippen LogP contribution in [0.4, 0.5) is 11.9 Å². The van der Waals surface area contributed by atoms with Gasteiger partial charge in [0.25, 0.3) is 0 Å². The molecule has 2 rings (SSSR count). The Hall–Kier alpha value is -2.12. The smallest absolute Gasteiger partial charge is 0.322 e. The molecule has 0 spiro atoms. The van der Waals surface area contributed by atoms with Crippen LogP contribution in [0, 0.1) is 0 Å². The number of rotatable bonds is 3. The standard InChI is InChI=1S/C11H18N6O2/c1-7(18)13-8-3-5-17(6-4-8)10-14-9(12)15-11(16-10)19-2/h8H,3-6H2,1-2H3,(H,13,18)(H2,12,14,15,16). The highest BCUT2D eigenvalue weighted by Crippen LogP contribution is 2.18. The summed E-state index contributed by atoms with van der Waals surface area (Å²) in [6.07, 6.45) is 1.71. The van der Waals surface area contributed by atoms with Gasteiger partial charge in [0.15, 0.2) is 0 Å². The van der Waals surface area contributed by atoms with Crippen LogP contribution in [0.25, 0.3) is 0 Å². The van der Waals surface area contributed by atoms with Crippen LogP contribution in [0.2, 0.25) is 0 Å². The van der Waals surface area contributed by atoms with Gasteiger partial charge in [-0.1, -0.05) is 0 Å². The van der Waals surface area contributed by atoms with E-state index >= 15 is 0 Å². The van der Waals surface area contributed by atoms with E-state index in [1.165, 1.54) is 14.0 Å². The molecule has 1 fully saturated rings. The Labute approximate surface area is 111 Å². The lowest BCUT2D eigenvalue weighted by molar-refractivity contribution is -0.119. The summed E-state index contributed by atoms with van der Waals surface area (Å²) < 4.78 is 4.97. The molecular weight excluding hydrogens is 248 g/mol. The van der Waals surface area contributed by atoms with Gasteiger partial charge in [0.2, 0.25) is 17.8 Å². The van der Waals surface area contributed by atoms with Crippen molar-refractivity contribution in [3.05, 3.63) is 0 Å². The van der Waals surface area contributed by atoms with Gasteiger partial charge >= 0.3 is 6.01 Å². The number of nitrogens with one attached hydrogen (secondary N) is 1. The van der Waals surface area contributed by atoms with E-state index in [2.05, 4.69) is 20.3 Å². The molecule has 3 N–H and O–H groups in total. The third-order valence-corrected chi connectivity index (χ3v) is 2.99. The number of piperidine rings is 1. The predicted octanol–water partition coefficient (Wildman–Crippen LogP) is -0.433. The maximum Gasteiger partial charge on any atom is 0.322 e. The number of hydrogen-bond donors (Lipinski definition) is 2. The second-order valence-corrected chi connectivity index (χ2v) is 4.44. The first-order valence-electron chi connectivity index (χ1n) is 6.16. The Morgan fingerprint density at radius 2 is 2.05 bits per heavy atom. The lowest BCUT2D eigenvalue weighted by Gasteiger charge is -2.32. The van der Waals surface area contributed by atoms with E-state index in [9.17, 15) is 4.79 Å². The molecule has 0 radical (unpaired) electrons. The Balaban J connectivity index is 2.01. The number of carbonyl (C=O) groups excluding carboxylic acids is 1. The van der Waals surface area contributed by atoms with Crippen LogP contribution in [0.15, 0.2) is 0 Å². The third kappa shape index (κ3) is 3.43. The summed E-state index contributed by atoms with van der Waals surface area (Å²) in [4.78, 5) is 25.1. The molecule has 2 heterocycles. The molecule has 0 aliphatic carbocycles. The lowest BCUT2D eigenvalue weighted by atomic mass is 10.1. The van der Waals surface area contributed by atoms with E-state index < -0.39 is 0 Å². The number of anilines is 2. The van der Waals surface area contributed by atoms with Crippen LogP contribution >= 0.6 is 0 Å². The number of aromatic nitrogens is 3. The highest BCUT2D eigenvalue weighted by atomic mass is 16.5. The molecule has 1 aromatic rings. The third-order valence-electron chi connectivity index (χ3n) is 2.99. The minimum atomic E-state index is 0.00419. The van der Waals surface area contributed by atoms with E-state index in [-0.39, 0.29) is 23.9 Å². The van der Waals surface area contributed by atoms with Crippen LogP contribution in [0.5, 0.6) is 6.01 Å². The SMILES string of the molecule is COc1nc(N)nc(N2CCC(NC(C)=O)CC2)n1. The van der Waals surface area contributed by atoms with Gasteiger partial charge < -0.3 is 20.7 Å². The van der Waals surface area contributed by atoms with E-state index in [0.29, 0.717) is 5.95 Å². The normalized spacial score (nSPS) is 16.2. The fourth-order valence-corrected chi connectivity index (χ4v) is 2.10. The highest BCUT2D eigenvalue weighted by molar-refractivity contribution is 5.73. The first-order chi connectivity index (χ1) is 9.08. The zero-order chi connectivity index (χ0) is 13.8. The quantitative estimate of drug-likeness (QED) is 0.764. The second-order valence-electron chi connectivity index (χ2n) is 4.44. The van der Waals surface area contributed by atoms with Gasteiger partial charge in [-0.05, 0) is 12.8 Å². The number of nitrogens with zero attached hydrogens (tertiary/aromatic N) is 4. The monoisotopic (exact) mass is 266 g/mol. The van der Waals surface area contributed by atoms with E-state index in [1.807, 2.05) is 4.90 Å². The van der Waals surface area contributed by atoms with Crippen LogP contribution in [0.1, 0.15) is 19.8 Å². The number of methoxy groups -OCH3 is 1. The fourth-order valence-electron chi connectivity index (χ4n) is 2.10. The summed E-state index contributed by atoms with van der Waals surface area (Å²) in [6, 6.07) is 0.432. The summed E-state index contributed by atoms with van der Waals surface area (Å²) in [5.74, 6) is 0.668. The molecule has 104 valence electrons. The number of amides is 1. The van der Waals surface area contributed by atoms with Crippen molar-refractivity contribution in [1.82, 2.24) is 20.3 Å². The average Bonchev–Trinajstić information content (AvgIpc) is 2.38. The number of carbonyl (C=O) groups is 1.